The van der Waals surface area contributed by atoms with Crippen molar-refractivity contribution in [2.45, 2.75) is 33.3 Å². The first-order valence-electron chi connectivity index (χ1n) is 5.47. The van der Waals surface area contributed by atoms with Gasteiger partial charge in [0.2, 0.25) is 0 Å². The second-order valence-corrected chi connectivity index (χ2v) is 4.72. The third-order valence-corrected chi connectivity index (χ3v) is 3.73. The Bertz CT molecular complexity index is 371. The fourth-order valence-electron chi connectivity index (χ4n) is 2.64. The van der Waals surface area contributed by atoms with Crippen LogP contribution < -0.4 is 0 Å². The molecule has 2 rings (SSSR count). The highest BCUT2D eigenvalue weighted by Crippen LogP contribution is 2.47. The molecule has 16 heavy (non-hydrogen) atoms. The molecule has 1 aliphatic heterocycles. The summed E-state index contributed by atoms with van der Waals surface area (Å²) < 4.78 is 10.4. The van der Waals surface area contributed by atoms with Crippen LogP contribution in [0.25, 0.3) is 0 Å². The minimum atomic E-state index is -0.704. The molecular formula is C12H16O4. The SMILES string of the molecule is CC(=O)O[C@@H]1CC=C(C)[C@@H]2COC(=O)[C@@]12C. The van der Waals surface area contributed by atoms with Crippen LogP contribution >= 0.6 is 0 Å². The minimum absolute atomic E-state index is 0.0399. The summed E-state index contributed by atoms with van der Waals surface area (Å²) in [5, 5.41) is 0. The Hall–Kier alpha value is -1.32. The van der Waals surface area contributed by atoms with E-state index in [0.717, 1.165) is 5.57 Å². The van der Waals surface area contributed by atoms with E-state index in [0.29, 0.717) is 13.0 Å². The summed E-state index contributed by atoms with van der Waals surface area (Å²) in [5.41, 5.74) is 0.446. The first-order valence-corrected chi connectivity index (χ1v) is 5.47. The highest BCUT2D eigenvalue weighted by atomic mass is 16.6. The van der Waals surface area contributed by atoms with E-state index in [1.807, 2.05) is 19.9 Å². The summed E-state index contributed by atoms with van der Waals surface area (Å²) in [7, 11) is 0. The first kappa shape index (κ1) is 11.2. The number of hydrogen-bond acceptors (Lipinski definition) is 4. The molecule has 0 radical (unpaired) electrons. The van der Waals surface area contributed by atoms with E-state index in [1.165, 1.54) is 6.92 Å². The lowest BCUT2D eigenvalue weighted by molar-refractivity contribution is -0.163. The van der Waals surface area contributed by atoms with Crippen molar-refractivity contribution < 1.29 is 19.1 Å². The van der Waals surface area contributed by atoms with Gasteiger partial charge in [-0.3, -0.25) is 9.59 Å². The number of esters is 2. The first-order chi connectivity index (χ1) is 7.46. The van der Waals surface area contributed by atoms with Crippen molar-refractivity contribution in [1.29, 1.82) is 0 Å². The van der Waals surface area contributed by atoms with Gasteiger partial charge in [-0.1, -0.05) is 11.6 Å². The van der Waals surface area contributed by atoms with Crippen molar-refractivity contribution in [2.75, 3.05) is 6.61 Å². The van der Waals surface area contributed by atoms with Crippen LogP contribution in [0.1, 0.15) is 27.2 Å². The van der Waals surface area contributed by atoms with Gasteiger partial charge in [0.25, 0.3) is 0 Å². The molecule has 3 atom stereocenters. The maximum Gasteiger partial charge on any atom is 0.316 e. The van der Waals surface area contributed by atoms with Crippen LogP contribution in [0, 0.1) is 11.3 Å². The predicted molar refractivity (Wildman–Crippen MR) is 56.5 cm³/mol. The predicted octanol–water partition coefficient (Wildman–Crippen LogP) is 1.45. The number of carbonyl (C=O) groups is 2. The molecule has 1 heterocycles. The summed E-state index contributed by atoms with van der Waals surface area (Å²) in [6.07, 6.45) is 2.23. The lowest BCUT2D eigenvalue weighted by Gasteiger charge is -2.37. The lowest BCUT2D eigenvalue weighted by atomic mass is 9.67. The third-order valence-electron chi connectivity index (χ3n) is 3.73. The van der Waals surface area contributed by atoms with Gasteiger partial charge in [0.15, 0.2) is 0 Å². The Kier molecular flexibility index (Phi) is 2.52. The van der Waals surface area contributed by atoms with E-state index in [1.54, 1.807) is 0 Å². The average Bonchev–Trinajstić information content (AvgIpc) is 2.50. The molecule has 0 amide bonds. The largest absolute Gasteiger partial charge is 0.464 e. The van der Waals surface area contributed by atoms with E-state index in [4.69, 9.17) is 9.47 Å². The van der Waals surface area contributed by atoms with Gasteiger partial charge in [-0.15, -0.1) is 0 Å². The summed E-state index contributed by atoms with van der Waals surface area (Å²) >= 11 is 0. The minimum Gasteiger partial charge on any atom is -0.464 e. The Morgan fingerprint density at radius 3 is 2.94 bits per heavy atom. The van der Waals surface area contributed by atoms with E-state index in [2.05, 4.69) is 0 Å². The van der Waals surface area contributed by atoms with Crippen LogP contribution in [0.5, 0.6) is 0 Å². The quantitative estimate of drug-likeness (QED) is 0.499. The number of hydrogen-bond donors (Lipinski definition) is 0. The maximum absolute atomic E-state index is 11.8. The normalized spacial score (nSPS) is 37.4. The van der Waals surface area contributed by atoms with Gasteiger partial charge in [0.05, 0.1) is 6.61 Å². The summed E-state index contributed by atoms with van der Waals surface area (Å²) in [6.45, 7) is 5.59. The fraction of sp³-hybridized carbons (Fsp3) is 0.667. The summed E-state index contributed by atoms with van der Waals surface area (Å²) in [4.78, 5) is 22.9. The molecule has 0 unspecified atom stereocenters. The standard InChI is InChI=1S/C12H16O4/c1-7-4-5-10(16-8(2)13)12(3)9(7)6-15-11(12)14/h4,9-10H,5-6H2,1-3H3/t9-,10+,12+/m0/s1. The van der Waals surface area contributed by atoms with Gasteiger partial charge >= 0.3 is 11.9 Å². The molecule has 0 spiro atoms. The van der Waals surface area contributed by atoms with Gasteiger partial charge in [-0.25, -0.2) is 0 Å². The average molecular weight is 224 g/mol. The zero-order chi connectivity index (χ0) is 11.9. The molecular weight excluding hydrogens is 208 g/mol. The van der Waals surface area contributed by atoms with Crippen molar-refractivity contribution in [1.82, 2.24) is 0 Å². The van der Waals surface area contributed by atoms with Crippen molar-refractivity contribution in [3.63, 3.8) is 0 Å². The Morgan fingerprint density at radius 1 is 1.62 bits per heavy atom. The van der Waals surface area contributed by atoms with E-state index in [9.17, 15) is 9.59 Å². The Labute approximate surface area is 94.6 Å². The van der Waals surface area contributed by atoms with Crippen LogP contribution in [0.15, 0.2) is 11.6 Å². The topological polar surface area (TPSA) is 52.6 Å². The molecule has 4 heteroatoms. The van der Waals surface area contributed by atoms with Crippen LogP contribution in [0.2, 0.25) is 0 Å². The number of rotatable bonds is 1. The molecule has 0 bridgehead atoms. The van der Waals surface area contributed by atoms with Gasteiger partial charge in [-0.2, -0.15) is 0 Å². The molecule has 1 fully saturated rings. The fourth-order valence-corrected chi connectivity index (χ4v) is 2.64. The van der Waals surface area contributed by atoms with Gasteiger partial charge in [0.1, 0.15) is 11.5 Å². The lowest BCUT2D eigenvalue weighted by Crippen LogP contribution is -2.46. The monoisotopic (exact) mass is 224 g/mol. The molecule has 1 saturated heterocycles. The molecule has 88 valence electrons. The molecule has 0 aromatic rings. The van der Waals surface area contributed by atoms with Crippen LogP contribution in [0.3, 0.4) is 0 Å². The second-order valence-electron chi connectivity index (χ2n) is 4.72. The molecule has 2 aliphatic rings. The molecule has 0 aromatic heterocycles. The smallest absolute Gasteiger partial charge is 0.316 e. The van der Waals surface area contributed by atoms with E-state index < -0.39 is 11.5 Å². The van der Waals surface area contributed by atoms with Crippen molar-refractivity contribution in [3.8, 4) is 0 Å². The number of ether oxygens (including phenoxy) is 2. The molecule has 1 aliphatic carbocycles. The van der Waals surface area contributed by atoms with Gasteiger partial charge in [-0.05, 0) is 13.8 Å². The third kappa shape index (κ3) is 1.44. The maximum atomic E-state index is 11.8. The zero-order valence-electron chi connectivity index (χ0n) is 9.78. The number of fused-ring (bicyclic) bond motifs is 1. The van der Waals surface area contributed by atoms with Crippen molar-refractivity contribution >= 4 is 11.9 Å². The molecule has 0 saturated carbocycles. The van der Waals surface area contributed by atoms with E-state index in [-0.39, 0.29) is 17.9 Å². The second kappa shape index (κ2) is 3.61. The zero-order valence-corrected chi connectivity index (χ0v) is 9.78. The summed E-state index contributed by atoms with van der Waals surface area (Å²) in [6, 6.07) is 0. The summed E-state index contributed by atoms with van der Waals surface area (Å²) in [5.74, 6) is -0.563. The Morgan fingerprint density at radius 2 is 2.31 bits per heavy atom. The van der Waals surface area contributed by atoms with Crippen LogP contribution in [-0.4, -0.2) is 24.6 Å². The highest BCUT2D eigenvalue weighted by Gasteiger charge is 2.57. The molecule has 4 nitrogen and oxygen atoms in total. The Balaban J connectivity index is 2.34. The van der Waals surface area contributed by atoms with Crippen molar-refractivity contribution in [3.05, 3.63) is 11.6 Å². The van der Waals surface area contributed by atoms with Gasteiger partial charge in [0, 0.05) is 19.3 Å². The highest BCUT2D eigenvalue weighted by molar-refractivity contribution is 5.81. The van der Waals surface area contributed by atoms with E-state index >= 15 is 0 Å². The van der Waals surface area contributed by atoms with Crippen molar-refractivity contribution in [2.24, 2.45) is 11.3 Å². The molecule has 0 N–H and O–H groups in total. The number of carbonyl (C=O) groups excluding carboxylic acids is 2. The number of cyclic esters (lactones) is 1. The van der Waals surface area contributed by atoms with Crippen LogP contribution in [-0.2, 0) is 19.1 Å². The molecule has 0 aromatic carbocycles. The van der Waals surface area contributed by atoms with Crippen LogP contribution in [0.4, 0.5) is 0 Å². The van der Waals surface area contributed by atoms with Gasteiger partial charge < -0.3 is 9.47 Å².